The zero-order valence-corrected chi connectivity index (χ0v) is 18.5. The van der Waals surface area contributed by atoms with Crippen molar-refractivity contribution in [2.75, 3.05) is 7.11 Å². The number of carbonyl (C=O) groups is 3. The summed E-state index contributed by atoms with van der Waals surface area (Å²) < 4.78 is 11.4. The van der Waals surface area contributed by atoms with Crippen LogP contribution in [-0.4, -0.2) is 35.9 Å². The quantitative estimate of drug-likeness (QED) is 0.576. The third-order valence-electron chi connectivity index (χ3n) is 6.21. The van der Waals surface area contributed by atoms with Crippen molar-refractivity contribution in [2.24, 2.45) is 5.92 Å². The minimum Gasteiger partial charge on any atom is -0.506 e. The van der Waals surface area contributed by atoms with Crippen molar-refractivity contribution < 1.29 is 29.0 Å². The summed E-state index contributed by atoms with van der Waals surface area (Å²) in [7, 11) is 1.20. The minimum absolute atomic E-state index is 0.104. The van der Waals surface area contributed by atoms with Crippen molar-refractivity contribution in [1.29, 1.82) is 0 Å². The lowest BCUT2D eigenvalue weighted by Gasteiger charge is -2.35. The largest absolute Gasteiger partial charge is 0.506 e. The third kappa shape index (κ3) is 2.98. The second-order valence-electron chi connectivity index (χ2n) is 8.69. The zero-order valence-electron chi connectivity index (χ0n) is 18.5. The van der Waals surface area contributed by atoms with Gasteiger partial charge < -0.3 is 14.6 Å². The number of benzene rings is 3. The Morgan fingerprint density at radius 1 is 1.00 bits per heavy atom. The number of fused-ring (bicyclic) bond motifs is 5. The second kappa shape index (κ2) is 7.59. The number of rotatable bonds is 3. The summed E-state index contributed by atoms with van der Waals surface area (Å²) in [5, 5.41) is 12.0. The number of carbonyl (C=O) groups excluding carboxylic acids is 3. The van der Waals surface area contributed by atoms with E-state index >= 15 is 0 Å². The van der Waals surface area contributed by atoms with Crippen molar-refractivity contribution in [3.05, 3.63) is 76.4 Å². The molecule has 3 aromatic carbocycles. The molecule has 2 aliphatic rings. The van der Waals surface area contributed by atoms with E-state index in [9.17, 15) is 19.5 Å². The summed E-state index contributed by atoms with van der Waals surface area (Å²) in [6.07, 6.45) is -0.168. The summed E-state index contributed by atoms with van der Waals surface area (Å²) in [5.74, 6) is -1.33. The molecule has 33 heavy (non-hydrogen) atoms. The van der Waals surface area contributed by atoms with Gasteiger partial charge in [0.25, 0.3) is 0 Å². The molecule has 1 heterocycles. The predicted molar refractivity (Wildman–Crippen MR) is 123 cm³/mol. The number of allylic oxidation sites excluding steroid dienone is 1. The molecule has 5 rings (SSSR count). The average Bonchev–Trinajstić information content (AvgIpc) is 2.82. The van der Waals surface area contributed by atoms with Crippen molar-refractivity contribution in [1.82, 2.24) is 0 Å². The van der Waals surface area contributed by atoms with E-state index in [1.807, 2.05) is 13.8 Å². The number of methoxy groups -OCH3 is 1. The van der Waals surface area contributed by atoms with Crippen LogP contribution in [0.5, 0.6) is 11.5 Å². The first-order valence-corrected chi connectivity index (χ1v) is 10.8. The number of Topliss-reactive ketones (excluding diaryl/α,β-unsaturated/α-hetero) is 2. The van der Waals surface area contributed by atoms with Gasteiger partial charge in [0, 0.05) is 33.0 Å². The molecule has 1 N–H and O–H groups in total. The van der Waals surface area contributed by atoms with Gasteiger partial charge in [-0.3, -0.25) is 9.59 Å². The topological polar surface area (TPSA) is 89.9 Å². The van der Waals surface area contributed by atoms with Crippen LogP contribution in [0.25, 0.3) is 16.3 Å². The molecular formula is C27H22O6. The summed E-state index contributed by atoms with van der Waals surface area (Å²) in [6, 6.07) is 13.6. The highest BCUT2D eigenvalue weighted by molar-refractivity contribution is 6.42. The molecule has 0 unspecified atom stereocenters. The number of phenolic OH excluding ortho intramolecular Hbond substituents is 1. The normalized spacial score (nSPS) is 16.9. The maximum Gasteiger partial charge on any atom is 0.342 e. The first-order valence-electron chi connectivity index (χ1n) is 10.8. The monoisotopic (exact) mass is 442 g/mol. The van der Waals surface area contributed by atoms with E-state index < -0.39 is 12.1 Å². The molecule has 0 fully saturated rings. The fourth-order valence-electron chi connectivity index (χ4n) is 4.80. The predicted octanol–water partition coefficient (Wildman–Crippen LogP) is 4.97. The van der Waals surface area contributed by atoms with E-state index in [4.69, 9.17) is 9.47 Å². The Labute approximate surface area is 190 Å². The number of phenols is 1. The summed E-state index contributed by atoms with van der Waals surface area (Å²) in [6.45, 7) is 4.02. The van der Waals surface area contributed by atoms with Crippen molar-refractivity contribution in [3.63, 3.8) is 0 Å². The Hall–Kier alpha value is -3.93. The number of aromatic hydroxyl groups is 1. The molecule has 0 saturated carbocycles. The Kier molecular flexibility index (Phi) is 4.81. The van der Waals surface area contributed by atoms with Crippen LogP contribution < -0.4 is 4.74 Å². The van der Waals surface area contributed by atoms with E-state index in [1.165, 1.54) is 7.11 Å². The standard InChI is InChI=1S/C27H22O6/c1-13(2)12-18-19-20(24(29)15-9-5-4-8-14(15)23(19)28)21-22(27(31)32-3)25(30)16-10-6-7-11-17(16)26(21)33-18/h4-11,13,18,30H,12H2,1-3H3/t18-/m0/s1. The van der Waals surface area contributed by atoms with E-state index in [2.05, 4.69) is 0 Å². The molecule has 6 heteroatoms. The maximum absolute atomic E-state index is 13.8. The van der Waals surface area contributed by atoms with Crippen LogP contribution in [0, 0.1) is 5.92 Å². The lowest BCUT2D eigenvalue weighted by Crippen LogP contribution is -2.36. The van der Waals surface area contributed by atoms with Gasteiger partial charge in [-0.15, -0.1) is 0 Å². The Morgan fingerprint density at radius 3 is 2.24 bits per heavy atom. The highest BCUT2D eigenvalue weighted by atomic mass is 16.5. The van der Waals surface area contributed by atoms with Crippen molar-refractivity contribution in [2.45, 2.75) is 26.4 Å². The molecular weight excluding hydrogens is 420 g/mol. The number of esters is 1. The van der Waals surface area contributed by atoms with Gasteiger partial charge in [0.15, 0.2) is 11.6 Å². The molecule has 166 valence electrons. The summed E-state index contributed by atoms with van der Waals surface area (Å²) in [4.78, 5) is 40.3. The number of hydrogen-bond donors (Lipinski definition) is 1. The number of hydrogen-bond acceptors (Lipinski definition) is 6. The van der Waals surface area contributed by atoms with Crippen LogP contribution in [0.2, 0.25) is 0 Å². The maximum atomic E-state index is 13.8. The van der Waals surface area contributed by atoms with Gasteiger partial charge in [-0.2, -0.15) is 0 Å². The fraction of sp³-hybridized carbons (Fsp3) is 0.222. The molecule has 0 saturated heterocycles. The van der Waals surface area contributed by atoms with Crippen LogP contribution in [0.4, 0.5) is 0 Å². The van der Waals surface area contributed by atoms with Crippen molar-refractivity contribution >= 4 is 33.9 Å². The van der Waals surface area contributed by atoms with Crippen LogP contribution in [0.3, 0.4) is 0 Å². The van der Waals surface area contributed by atoms with Gasteiger partial charge >= 0.3 is 5.97 Å². The molecule has 1 aliphatic carbocycles. The molecule has 0 amide bonds. The van der Waals surface area contributed by atoms with Crippen LogP contribution in [0.15, 0.2) is 54.1 Å². The lowest BCUT2D eigenvalue weighted by molar-refractivity contribution is 0.0595. The van der Waals surface area contributed by atoms with E-state index in [0.717, 1.165) is 0 Å². The lowest BCUT2D eigenvalue weighted by atomic mass is 9.74. The third-order valence-corrected chi connectivity index (χ3v) is 6.21. The van der Waals surface area contributed by atoms with Gasteiger partial charge in [0.1, 0.15) is 23.2 Å². The minimum atomic E-state index is -0.814. The van der Waals surface area contributed by atoms with Gasteiger partial charge in [-0.1, -0.05) is 62.4 Å². The Balaban J connectivity index is 1.94. The summed E-state index contributed by atoms with van der Waals surface area (Å²) in [5.41, 5.74) is 0.836. The first kappa shape index (κ1) is 20.9. The van der Waals surface area contributed by atoms with Gasteiger partial charge in [-0.25, -0.2) is 4.79 Å². The second-order valence-corrected chi connectivity index (χ2v) is 8.69. The molecule has 0 bridgehead atoms. The highest BCUT2D eigenvalue weighted by Crippen LogP contribution is 2.51. The van der Waals surface area contributed by atoms with E-state index in [1.54, 1.807) is 48.5 Å². The Morgan fingerprint density at radius 2 is 1.61 bits per heavy atom. The molecule has 3 aromatic rings. The van der Waals surface area contributed by atoms with Crippen LogP contribution >= 0.6 is 0 Å². The number of ether oxygens (including phenoxy) is 2. The fourth-order valence-corrected chi connectivity index (χ4v) is 4.80. The van der Waals surface area contributed by atoms with E-state index in [0.29, 0.717) is 28.5 Å². The van der Waals surface area contributed by atoms with Gasteiger partial charge in [0.05, 0.1) is 12.7 Å². The van der Waals surface area contributed by atoms with Crippen LogP contribution in [-0.2, 0) is 4.74 Å². The number of ketones is 2. The average molecular weight is 442 g/mol. The summed E-state index contributed by atoms with van der Waals surface area (Å²) >= 11 is 0. The molecule has 0 radical (unpaired) electrons. The molecule has 1 aliphatic heterocycles. The van der Waals surface area contributed by atoms with Crippen LogP contribution in [0.1, 0.15) is 56.9 Å². The van der Waals surface area contributed by atoms with Gasteiger partial charge in [0.2, 0.25) is 0 Å². The first-order chi connectivity index (χ1) is 15.8. The van der Waals surface area contributed by atoms with E-state index in [-0.39, 0.29) is 51.1 Å². The SMILES string of the molecule is COC(=O)c1c2c(c3ccccc3c1O)O[C@@H](CC(C)C)C1=C2C(=O)c2ccccc2C1=O. The van der Waals surface area contributed by atoms with Gasteiger partial charge in [-0.05, 0) is 12.3 Å². The highest BCUT2D eigenvalue weighted by Gasteiger charge is 2.44. The van der Waals surface area contributed by atoms with Crippen molar-refractivity contribution in [3.8, 4) is 11.5 Å². The molecule has 6 nitrogen and oxygen atoms in total. The smallest absolute Gasteiger partial charge is 0.342 e. The molecule has 1 atom stereocenters. The molecule has 0 aromatic heterocycles. The zero-order chi connectivity index (χ0) is 23.4. The Bertz CT molecular complexity index is 1400. The molecule has 0 spiro atoms.